The second-order valence-corrected chi connectivity index (χ2v) is 8.54. The highest BCUT2D eigenvalue weighted by Crippen LogP contribution is 2.51. The summed E-state index contributed by atoms with van der Waals surface area (Å²) in [4.78, 5) is 29.3. The van der Waals surface area contributed by atoms with Crippen LogP contribution in [-0.4, -0.2) is 50.1 Å². The number of rotatable bonds is 4. The Labute approximate surface area is 182 Å². The molecule has 2 aliphatic heterocycles. The Morgan fingerprint density at radius 1 is 0.968 bits per heavy atom. The monoisotopic (exact) mass is 420 g/mol. The standard InChI is InChI=1S/C25H28N2O4/c1-30-25(29)18-7-9-19(10-8-18)27-15-16-31-23-21(27)12-11-20(22(23)17-5-6-17)24(28)26-13-3-2-4-14-26/h7-12,17H,2-6,13-16H2,1H3. The number of hydrogen-bond donors (Lipinski definition) is 0. The normalized spacial score (nSPS) is 18.2. The average molecular weight is 421 g/mol. The van der Waals surface area contributed by atoms with Crippen molar-refractivity contribution in [2.45, 2.75) is 38.0 Å². The predicted molar refractivity (Wildman–Crippen MR) is 118 cm³/mol. The zero-order valence-corrected chi connectivity index (χ0v) is 17.9. The van der Waals surface area contributed by atoms with Crippen molar-refractivity contribution in [1.29, 1.82) is 0 Å². The van der Waals surface area contributed by atoms with Crippen LogP contribution in [0.2, 0.25) is 0 Å². The third-order valence-electron chi connectivity index (χ3n) is 6.49. The van der Waals surface area contributed by atoms with E-state index >= 15 is 0 Å². The van der Waals surface area contributed by atoms with Crippen molar-refractivity contribution in [2.24, 2.45) is 0 Å². The Hall–Kier alpha value is -3.02. The molecule has 0 radical (unpaired) electrons. The molecule has 3 aliphatic rings. The number of benzene rings is 2. The molecule has 2 heterocycles. The molecule has 0 spiro atoms. The summed E-state index contributed by atoms with van der Waals surface area (Å²) in [5.41, 5.74) is 4.42. The van der Waals surface area contributed by atoms with Gasteiger partial charge < -0.3 is 19.3 Å². The van der Waals surface area contributed by atoms with Crippen molar-refractivity contribution in [3.05, 3.63) is 53.1 Å². The molecule has 0 aromatic heterocycles. The quantitative estimate of drug-likeness (QED) is 0.682. The topological polar surface area (TPSA) is 59.1 Å². The number of nitrogens with zero attached hydrogens (tertiary/aromatic N) is 2. The number of methoxy groups -OCH3 is 1. The first kappa shape index (κ1) is 19.9. The maximum Gasteiger partial charge on any atom is 0.337 e. The Morgan fingerprint density at radius 2 is 1.71 bits per heavy atom. The van der Waals surface area contributed by atoms with E-state index in [9.17, 15) is 9.59 Å². The maximum atomic E-state index is 13.3. The van der Waals surface area contributed by atoms with Gasteiger partial charge in [0.05, 0.1) is 24.9 Å². The third kappa shape index (κ3) is 3.75. The number of anilines is 2. The fourth-order valence-electron chi connectivity index (χ4n) is 4.71. The van der Waals surface area contributed by atoms with Gasteiger partial charge in [0, 0.05) is 29.9 Å². The van der Waals surface area contributed by atoms with E-state index in [1.54, 1.807) is 12.1 Å². The van der Waals surface area contributed by atoms with E-state index < -0.39 is 0 Å². The summed E-state index contributed by atoms with van der Waals surface area (Å²) in [5, 5.41) is 0. The molecule has 0 N–H and O–H groups in total. The van der Waals surface area contributed by atoms with Gasteiger partial charge in [-0.2, -0.15) is 0 Å². The molecule has 5 rings (SSSR count). The molecule has 2 aromatic rings. The molecule has 1 saturated carbocycles. The molecule has 0 bridgehead atoms. The molecule has 31 heavy (non-hydrogen) atoms. The fraction of sp³-hybridized carbons (Fsp3) is 0.440. The van der Waals surface area contributed by atoms with Crippen LogP contribution in [-0.2, 0) is 4.74 Å². The number of carbonyl (C=O) groups excluding carboxylic acids is 2. The molecule has 1 saturated heterocycles. The lowest BCUT2D eigenvalue weighted by atomic mass is 9.97. The van der Waals surface area contributed by atoms with Crippen LogP contribution in [0.15, 0.2) is 36.4 Å². The van der Waals surface area contributed by atoms with E-state index in [4.69, 9.17) is 9.47 Å². The van der Waals surface area contributed by atoms with Gasteiger partial charge >= 0.3 is 5.97 Å². The van der Waals surface area contributed by atoms with Crippen LogP contribution in [0.1, 0.15) is 64.3 Å². The van der Waals surface area contributed by atoms with Gasteiger partial charge in [-0.1, -0.05) is 0 Å². The maximum absolute atomic E-state index is 13.3. The Morgan fingerprint density at radius 3 is 2.39 bits per heavy atom. The van der Waals surface area contributed by atoms with Crippen LogP contribution in [0.3, 0.4) is 0 Å². The van der Waals surface area contributed by atoms with Crippen LogP contribution in [0.5, 0.6) is 5.75 Å². The summed E-state index contributed by atoms with van der Waals surface area (Å²) in [6, 6.07) is 11.5. The summed E-state index contributed by atoms with van der Waals surface area (Å²) in [7, 11) is 1.39. The molecule has 6 heteroatoms. The van der Waals surface area contributed by atoms with Gasteiger partial charge in [0.1, 0.15) is 12.4 Å². The van der Waals surface area contributed by atoms with Gasteiger partial charge in [-0.25, -0.2) is 4.79 Å². The molecule has 2 fully saturated rings. The lowest BCUT2D eigenvalue weighted by Crippen LogP contribution is -2.36. The highest BCUT2D eigenvalue weighted by atomic mass is 16.5. The smallest absolute Gasteiger partial charge is 0.337 e. The van der Waals surface area contributed by atoms with Crippen LogP contribution in [0.4, 0.5) is 11.4 Å². The number of amides is 1. The summed E-state index contributed by atoms with van der Waals surface area (Å²) >= 11 is 0. The molecule has 6 nitrogen and oxygen atoms in total. The molecular weight excluding hydrogens is 392 g/mol. The van der Waals surface area contributed by atoms with Crippen LogP contribution >= 0.6 is 0 Å². The lowest BCUT2D eigenvalue weighted by Gasteiger charge is -2.34. The number of esters is 1. The van der Waals surface area contributed by atoms with Gasteiger partial charge in [-0.3, -0.25) is 4.79 Å². The summed E-state index contributed by atoms with van der Waals surface area (Å²) in [6.45, 7) is 2.97. The van der Waals surface area contributed by atoms with Crippen molar-refractivity contribution in [1.82, 2.24) is 4.90 Å². The number of piperidine rings is 1. The zero-order valence-electron chi connectivity index (χ0n) is 17.9. The zero-order chi connectivity index (χ0) is 21.4. The van der Waals surface area contributed by atoms with Gasteiger partial charge in [0.15, 0.2) is 0 Å². The minimum Gasteiger partial charge on any atom is -0.489 e. The van der Waals surface area contributed by atoms with Gasteiger partial charge in [-0.05, 0) is 74.4 Å². The number of hydrogen-bond acceptors (Lipinski definition) is 5. The SMILES string of the molecule is COC(=O)c1ccc(N2CCOc3c2ccc(C(=O)N2CCCCC2)c3C2CC2)cc1. The third-order valence-corrected chi connectivity index (χ3v) is 6.49. The van der Waals surface area contributed by atoms with E-state index in [1.807, 2.05) is 29.2 Å². The van der Waals surface area contributed by atoms with Gasteiger partial charge in [0.2, 0.25) is 0 Å². The highest BCUT2D eigenvalue weighted by Gasteiger charge is 2.36. The van der Waals surface area contributed by atoms with Crippen LogP contribution in [0, 0.1) is 0 Å². The van der Waals surface area contributed by atoms with Crippen molar-refractivity contribution in [2.75, 3.05) is 38.3 Å². The Balaban J connectivity index is 1.50. The second-order valence-electron chi connectivity index (χ2n) is 8.54. The number of fused-ring (bicyclic) bond motifs is 1. The average Bonchev–Trinajstić information content (AvgIpc) is 3.68. The van der Waals surface area contributed by atoms with E-state index in [0.717, 1.165) is 67.0 Å². The first-order chi connectivity index (χ1) is 15.2. The molecule has 0 unspecified atom stereocenters. The minimum atomic E-state index is -0.342. The first-order valence-electron chi connectivity index (χ1n) is 11.2. The second kappa shape index (κ2) is 8.25. The molecule has 2 aromatic carbocycles. The van der Waals surface area contributed by atoms with Crippen molar-refractivity contribution >= 4 is 23.3 Å². The summed E-state index contributed by atoms with van der Waals surface area (Å²) < 4.78 is 11.0. The first-order valence-corrected chi connectivity index (χ1v) is 11.2. The number of carbonyl (C=O) groups is 2. The van der Waals surface area contributed by atoms with Gasteiger partial charge in [0.25, 0.3) is 5.91 Å². The van der Waals surface area contributed by atoms with E-state index in [1.165, 1.54) is 13.5 Å². The lowest BCUT2D eigenvalue weighted by molar-refractivity contribution is 0.0600. The summed E-state index contributed by atoms with van der Waals surface area (Å²) in [6.07, 6.45) is 5.58. The Kier molecular flexibility index (Phi) is 5.30. The van der Waals surface area contributed by atoms with E-state index in [2.05, 4.69) is 4.90 Å². The van der Waals surface area contributed by atoms with E-state index in [0.29, 0.717) is 24.6 Å². The number of ether oxygens (including phenoxy) is 2. The van der Waals surface area contributed by atoms with Crippen LogP contribution < -0.4 is 9.64 Å². The molecule has 1 aliphatic carbocycles. The molecule has 162 valence electrons. The van der Waals surface area contributed by atoms with Crippen LogP contribution in [0.25, 0.3) is 0 Å². The molecule has 0 atom stereocenters. The minimum absolute atomic E-state index is 0.146. The molecule has 1 amide bonds. The highest BCUT2D eigenvalue weighted by molar-refractivity contribution is 5.98. The predicted octanol–water partition coefficient (Wildman–Crippen LogP) is 4.51. The largest absolute Gasteiger partial charge is 0.489 e. The van der Waals surface area contributed by atoms with Crippen molar-refractivity contribution in [3.63, 3.8) is 0 Å². The van der Waals surface area contributed by atoms with Gasteiger partial charge in [-0.15, -0.1) is 0 Å². The summed E-state index contributed by atoms with van der Waals surface area (Å²) in [5.74, 6) is 1.06. The fourth-order valence-corrected chi connectivity index (χ4v) is 4.71. The van der Waals surface area contributed by atoms with Crippen molar-refractivity contribution < 1.29 is 19.1 Å². The molecular formula is C25H28N2O4. The Bertz CT molecular complexity index is 991. The number of likely N-dealkylation sites (tertiary alicyclic amines) is 1. The van der Waals surface area contributed by atoms with E-state index in [-0.39, 0.29) is 11.9 Å². The van der Waals surface area contributed by atoms with Crippen molar-refractivity contribution in [3.8, 4) is 5.75 Å².